The van der Waals surface area contributed by atoms with Crippen molar-refractivity contribution in [3.8, 4) is 0 Å². The molecule has 246 valence electrons. The first-order chi connectivity index (χ1) is 23.4. The lowest BCUT2D eigenvalue weighted by Crippen LogP contribution is -2.22. The smallest absolute Gasteiger partial charge is 0.330 e. The predicted molar refractivity (Wildman–Crippen MR) is 192 cm³/mol. The van der Waals surface area contributed by atoms with Crippen LogP contribution in [0.15, 0.2) is 133 Å². The zero-order chi connectivity index (χ0) is 33.7. The van der Waals surface area contributed by atoms with Crippen molar-refractivity contribution in [3.63, 3.8) is 0 Å². The molecule has 0 N–H and O–H groups in total. The normalized spacial score (nSPS) is 25.4. The molecule has 4 aromatic carbocycles. The van der Waals surface area contributed by atoms with Crippen molar-refractivity contribution in [3.05, 3.63) is 167 Å². The number of allylic oxidation sites excluding steroid dienone is 3. The van der Waals surface area contributed by atoms with Gasteiger partial charge in [0.2, 0.25) is 0 Å². The number of hydrogen-bond donors (Lipinski definition) is 0. The highest BCUT2D eigenvalue weighted by Gasteiger charge is 2.71. The van der Waals surface area contributed by atoms with E-state index in [1.807, 2.05) is 30.3 Å². The summed E-state index contributed by atoms with van der Waals surface area (Å²) in [7, 11) is 2.94. The third-order valence-electron chi connectivity index (χ3n) is 10.9. The molecule has 3 aliphatic rings. The minimum Gasteiger partial charge on any atom is -0.469 e. The van der Waals surface area contributed by atoms with E-state index in [-0.39, 0.29) is 29.2 Å². The molecule has 7 atom stereocenters. The summed E-state index contributed by atoms with van der Waals surface area (Å²) in [5.74, 6) is 1.66. The Balaban J connectivity index is 0.000000167. The molecule has 0 bridgehead atoms. The molecular weight excluding hydrogens is 592 g/mol. The predicted octanol–water partition coefficient (Wildman–Crippen LogP) is 9.66. The zero-order valence-electron chi connectivity index (χ0n) is 28.4. The molecule has 0 spiro atoms. The van der Waals surface area contributed by atoms with Crippen LogP contribution in [0.3, 0.4) is 0 Å². The number of ether oxygens (including phenoxy) is 2. The van der Waals surface area contributed by atoms with Crippen LogP contribution in [0.2, 0.25) is 0 Å². The van der Waals surface area contributed by atoms with E-state index in [9.17, 15) is 9.59 Å². The third kappa shape index (κ3) is 6.54. The van der Waals surface area contributed by atoms with Crippen molar-refractivity contribution in [2.24, 2.45) is 11.3 Å². The standard InChI is InChI=1S/C22H24O2.C22H22O2/c1-15-14-19-20(18-11-7-6-10-17(15)18)22(19,21(23)24-2)13-12-16-8-4-3-5-9-16;1-16-12-13-21(20-11-7-6-10-18(16)20)19(14-15-22(23)24-2)17-8-4-3-5-9-17/h3-11,15,19-20H,12-14H2,1-2H3;3-16,19,21H,1-2H3/b;15-14+/t15-,19-,20+,22+;16-,19+,21+/m01/s1. The fourth-order valence-corrected chi connectivity index (χ4v) is 8.42. The maximum Gasteiger partial charge on any atom is 0.330 e. The minimum absolute atomic E-state index is 0.0164. The second-order valence-corrected chi connectivity index (χ2v) is 13.5. The molecule has 0 aromatic heterocycles. The van der Waals surface area contributed by atoms with Gasteiger partial charge in [0.15, 0.2) is 0 Å². The van der Waals surface area contributed by atoms with Gasteiger partial charge in [-0.1, -0.05) is 141 Å². The van der Waals surface area contributed by atoms with Crippen LogP contribution in [0.1, 0.15) is 89.7 Å². The summed E-state index contributed by atoms with van der Waals surface area (Å²) in [4.78, 5) is 24.4. The average molecular weight is 639 g/mol. The number of methoxy groups -OCH3 is 2. The quantitative estimate of drug-likeness (QED) is 0.110. The molecule has 4 heteroatoms. The molecule has 4 aromatic rings. The van der Waals surface area contributed by atoms with E-state index in [0.29, 0.717) is 23.7 Å². The lowest BCUT2D eigenvalue weighted by molar-refractivity contribution is -0.148. The second kappa shape index (κ2) is 14.6. The van der Waals surface area contributed by atoms with Crippen LogP contribution >= 0.6 is 0 Å². The van der Waals surface area contributed by atoms with Crippen LogP contribution < -0.4 is 0 Å². The van der Waals surface area contributed by atoms with Gasteiger partial charge in [-0.25, -0.2) is 4.79 Å². The number of esters is 2. The Morgan fingerprint density at radius 1 is 0.750 bits per heavy atom. The maximum absolute atomic E-state index is 12.8. The Hall–Kier alpha value is -4.70. The van der Waals surface area contributed by atoms with Crippen molar-refractivity contribution < 1.29 is 19.1 Å². The van der Waals surface area contributed by atoms with E-state index < -0.39 is 0 Å². The largest absolute Gasteiger partial charge is 0.469 e. The van der Waals surface area contributed by atoms with Crippen LogP contribution in [-0.4, -0.2) is 26.2 Å². The van der Waals surface area contributed by atoms with Gasteiger partial charge in [-0.05, 0) is 70.4 Å². The molecule has 4 nitrogen and oxygen atoms in total. The SMILES string of the molecule is COC(=O)/C=C/[C@@H](c1ccccc1)[C@@H]1C=C[C@@H](C)c2ccccc21.COC(=O)[C@@]1(CCc2ccccc2)[C@@H]2c3ccccc3[C@@H](C)C[C@@H]21. The summed E-state index contributed by atoms with van der Waals surface area (Å²) in [6.45, 7) is 4.50. The Bertz CT molecular complexity index is 1770. The molecule has 0 saturated heterocycles. The van der Waals surface area contributed by atoms with Crippen LogP contribution in [0.25, 0.3) is 0 Å². The lowest BCUT2D eigenvalue weighted by Gasteiger charge is -2.30. The fourth-order valence-electron chi connectivity index (χ4n) is 8.42. The third-order valence-corrected chi connectivity index (χ3v) is 10.9. The maximum atomic E-state index is 12.8. The highest BCUT2D eigenvalue weighted by atomic mass is 16.5. The molecule has 0 amide bonds. The molecule has 3 aliphatic carbocycles. The van der Waals surface area contributed by atoms with Gasteiger partial charge in [0.05, 0.1) is 19.6 Å². The van der Waals surface area contributed by atoms with Gasteiger partial charge < -0.3 is 9.47 Å². The van der Waals surface area contributed by atoms with Gasteiger partial charge in [-0.15, -0.1) is 0 Å². The second-order valence-electron chi connectivity index (χ2n) is 13.5. The van der Waals surface area contributed by atoms with E-state index in [0.717, 1.165) is 19.3 Å². The Morgan fingerprint density at radius 3 is 2.02 bits per heavy atom. The molecule has 0 aliphatic heterocycles. The molecule has 1 saturated carbocycles. The number of carbonyl (C=O) groups is 2. The summed E-state index contributed by atoms with van der Waals surface area (Å²) in [5, 5.41) is 0. The molecule has 7 rings (SSSR count). The van der Waals surface area contributed by atoms with Gasteiger partial charge in [0.25, 0.3) is 0 Å². The summed E-state index contributed by atoms with van der Waals surface area (Å²) in [6.07, 6.45) is 10.9. The van der Waals surface area contributed by atoms with Gasteiger partial charge >= 0.3 is 11.9 Å². The van der Waals surface area contributed by atoms with Crippen LogP contribution in [-0.2, 0) is 25.5 Å². The Labute approximate surface area is 285 Å². The molecule has 0 radical (unpaired) electrons. The number of carbonyl (C=O) groups excluding carboxylic acids is 2. The van der Waals surface area contributed by atoms with Crippen molar-refractivity contribution in [2.75, 3.05) is 14.2 Å². The molecular formula is C44H46O4. The monoisotopic (exact) mass is 638 g/mol. The number of aryl methyl sites for hydroxylation is 1. The highest BCUT2D eigenvalue weighted by molar-refractivity contribution is 5.84. The average Bonchev–Trinajstić information content (AvgIpc) is 3.80. The summed E-state index contributed by atoms with van der Waals surface area (Å²) in [5.41, 5.74) is 7.64. The highest BCUT2D eigenvalue weighted by Crippen LogP contribution is 2.73. The molecule has 0 unspecified atom stereocenters. The van der Waals surface area contributed by atoms with E-state index in [2.05, 4.69) is 111 Å². The van der Waals surface area contributed by atoms with Gasteiger partial charge in [0, 0.05) is 23.8 Å². The number of benzene rings is 4. The minimum atomic E-state index is -0.328. The molecule has 0 heterocycles. The van der Waals surface area contributed by atoms with Crippen molar-refractivity contribution >= 4 is 11.9 Å². The molecule has 48 heavy (non-hydrogen) atoms. The van der Waals surface area contributed by atoms with Gasteiger partial charge in [0.1, 0.15) is 0 Å². The number of hydrogen-bond acceptors (Lipinski definition) is 4. The summed E-state index contributed by atoms with van der Waals surface area (Å²) in [6, 6.07) is 38.0. The molecule has 1 fully saturated rings. The Morgan fingerprint density at radius 2 is 1.35 bits per heavy atom. The summed E-state index contributed by atoms with van der Waals surface area (Å²) < 4.78 is 10.0. The fraction of sp³-hybridized carbons (Fsp3) is 0.318. The topological polar surface area (TPSA) is 52.6 Å². The van der Waals surface area contributed by atoms with E-state index in [1.54, 1.807) is 0 Å². The van der Waals surface area contributed by atoms with Crippen molar-refractivity contribution in [2.45, 2.75) is 62.7 Å². The van der Waals surface area contributed by atoms with Crippen molar-refractivity contribution in [1.82, 2.24) is 0 Å². The van der Waals surface area contributed by atoms with Crippen molar-refractivity contribution in [1.29, 1.82) is 0 Å². The number of fused-ring (bicyclic) bond motifs is 4. The van der Waals surface area contributed by atoms with Crippen LogP contribution in [0, 0.1) is 11.3 Å². The van der Waals surface area contributed by atoms with Crippen LogP contribution in [0.5, 0.6) is 0 Å². The van der Waals surface area contributed by atoms with Crippen LogP contribution in [0.4, 0.5) is 0 Å². The zero-order valence-corrected chi connectivity index (χ0v) is 28.4. The lowest BCUT2D eigenvalue weighted by atomic mass is 9.74. The summed E-state index contributed by atoms with van der Waals surface area (Å²) >= 11 is 0. The first-order valence-electron chi connectivity index (χ1n) is 17.2. The number of rotatable bonds is 8. The Kier molecular flexibility index (Phi) is 10.1. The first-order valence-corrected chi connectivity index (χ1v) is 17.2. The van der Waals surface area contributed by atoms with E-state index in [4.69, 9.17) is 9.47 Å². The first kappa shape index (κ1) is 33.2. The van der Waals surface area contributed by atoms with E-state index >= 15 is 0 Å². The van der Waals surface area contributed by atoms with E-state index in [1.165, 1.54) is 53.7 Å². The van der Waals surface area contributed by atoms with Gasteiger partial charge in [-0.3, -0.25) is 4.79 Å². The van der Waals surface area contributed by atoms with Gasteiger partial charge in [-0.2, -0.15) is 0 Å².